The highest BCUT2D eigenvalue weighted by atomic mass is 32.2. The number of benzene rings is 2. The molecule has 2 aromatic rings. The van der Waals surface area contributed by atoms with E-state index >= 15 is 0 Å². The number of amides is 1. The lowest BCUT2D eigenvalue weighted by Gasteiger charge is -2.33. The van der Waals surface area contributed by atoms with Crippen LogP contribution in [0.4, 0.5) is 8.78 Å². The number of hydrogen-bond acceptors (Lipinski definition) is 5. The normalized spacial score (nSPS) is 19.5. The zero-order valence-electron chi connectivity index (χ0n) is 17.8. The summed E-state index contributed by atoms with van der Waals surface area (Å²) >= 11 is 0. The van der Waals surface area contributed by atoms with E-state index in [9.17, 15) is 22.0 Å². The fraction of sp³-hybridized carbons (Fsp3) is 0.435. The van der Waals surface area contributed by atoms with Crippen molar-refractivity contribution in [3.8, 4) is 5.75 Å². The summed E-state index contributed by atoms with van der Waals surface area (Å²) < 4.78 is 58.6. The van der Waals surface area contributed by atoms with E-state index in [4.69, 9.17) is 4.74 Å². The molecule has 0 aromatic heterocycles. The Kier molecular flexibility index (Phi) is 6.48. The Balaban J connectivity index is 1.48. The minimum absolute atomic E-state index is 0.142. The Labute approximate surface area is 186 Å². The van der Waals surface area contributed by atoms with Gasteiger partial charge in [0.1, 0.15) is 23.5 Å². The Morgan fingerprint density at radius 3 is 2.53 bits per heavy atom. The van der Waals surface area contributed by atoms with Crippen molar-refractivity contribution < 1.29 is 26.7 Å². The van der Waals surface area contributed by atoms with E-state index in [2.05, 4.69) is 4.90 Å². The minimum atomic E-state index is -3.80. The van der Waals surface area contributed by atoms with Crippen LogP contribution >= 0.6 is 0 Å². The van der Waals surface area contributed by atoms with Gasteiger partial charge in [-0.2, -0.15) is 0 Å². The zero-order valence-corrected chi connectivity index (χ0v) is 18.6. The van der Waals surface area contributed by atoms with Crippen LogP contribution in [0, 0.1) is 11.6 Å². The van der Waals surface area contributed by atoms with E-state index in [-0.39, 0.29) is 23.4 Å². The van der Waals surface area contributed by atoms with Gasteiger partial charge in [0.15, 0.2) is 0 Å². The van der Waals surface area contributed by atoms with Crippen molar-refractivity contribution in [3.63, 3.8) is 0 Å². The third-order valence-electron chi connectivity index (χ3n) is 5.71. The molecule has 1 N–H and O–H groups in total. The average Bonchev–Trinajstić information content (AvgIpc) is 3.54. The lowest BCUT2D eigenvalue weighted by atomic mass is 10.0. The van der Waals surface area contributed by atoms with Gasteiger partial charge in [0.25, 0.3) is 5.91 Å². The van der Waals surface area contributed by atoms with Gasteiger partial charge < -0.3 is 4.74 Å². The molecule has 1 aliphatic heterocycles. The van der Waals surface area contributed by atoms with Gasteiger partial charge in [-0.3, -0.25) is 9.69 Å². The van der Waals surface area contributed by atoms with E-state index in [0.29, 0.717) is 18.8 Å². The van der Waals surface area contributed by atoms with Gasteiger partial charge in [-0.15, -0.1) is 0 Å². The standard InChI is InChI=1S/C23H26F2N2O4S/c1-32(29,30)26-23(28)20-11-19(16-6-7-16)22(12-21(20)25)31-18-3-2-10-27(14-18)13-15-4-8-17(24)9-5-15/h4-5,8-9,11-12,16,18H,2-3,6-7,10,13-14H2,1H3,(H,26,28)/t18-/m1/s1. The topological polar surface area (TPSA) is 75.7 Å². The molecule has 1 atom stereocenters. The number of nitrogens with zero attached hydrogens (tertiary/aromatic N) is 1. The van der Waals surface area contributed by atoms with Crippen molar-refractivity contribution in [2.24, 2.45) is 0 Å². The molecule has 9 heteroatoms. The summed E-state index contributed by atoms with van der Waals surface area (Å²) in [5.41, 5.74) is 1.45. The van der Waals surface area contributed by atoms with Gasteiger partial charge in [0, 0.05) is 19.2 Å². The van der Waals surface area contributed by atoms with Crippen LogP contribution in [-0.4, -0.2) is 44.7 Å². The number of likely N-dealkylation sites (tertiary alicyclic amines) is 1. The van der Waals surface area contributed by atoms with Gasteiger partial charge in [-0.05, 0) is 67.5 Å². The summed E-state index contributed by atoms with van der Waals surface area (Å²) in [5, 5.41) is 0. The van der Waals surface area contributed by atoms with Crippen molar-refractivity contribution in [2.45, 2.75) is 44.2 Å². The molecular weight excluding hydrogens is 438 g/mol. The SMILES string of the molecule is CS(=O)(=O)NC(=O)c1cc(C2CC2)c(O[C@@H]2CCCN(Cc3ccc(F)cc3)C2)cc1F. The van der Waals surface area contributed by atoms with Gasteiger partial charge >= 0.3 is 0 Å². The molecule has 4 rings (SSSR count). The zero-order chi connectivity index (χ0) is 22.9. The fourth-order valence-electron chi connectivity index (χ4n) is 4.07. The van der Waals surface area contributed by atoms with Crippen LogP contribution in [0.15, 0.2) is 36.4 Å². The average molecular weight is 465 g/mol. The van der Waals surface area contributed by atoms with Gasteiger partial charge in [-0.1, -0.05) is 12.1 Å². The summed E-state index contributed by atoms with van der Waals surface area (Å²) in [4.78, 5) is 14.4. The number of piperidine rings is 1. The third kappa shape index (κ3) is 5.83. The summed E-state index contributed by atoms with van der Waals surface area (Å²) in [7, 11) is -3.80. The number of halogens is 2. The van der Waals surface area contributed by atoms with Crippen molar-refractivity contribution >= 4 is 15.9 Å². The Bertz CT molecular complexity index is 1100. The molecule has 32 heavy (non-hydrogen) atoms. The monoisotopic (exact) mass is 464 g/mol. The Morgan fingerprint density at radius 1 is 1.16 bits per heavy atom. The number of carbonyl (C=O) groups excluding carboxylic acids is 1. The molecule has 0 spiro atoms. The minimum Gasteiger partial charge on any atom is -0.489 e. The van der Waals surface area contributed by atoms with E-state index in [1.165, 1.54) is 24.3 Å². The van der Waals surface area contributed by atoms with Crippen molar-refractivity contribution in [1.82, 2.24) is 9.62 Å². The second-order valence-corrected chi connectivity index (χ2v) is 10.3. The predicted octanol–water partition coefficient (Wildman–Crippen LogP) is 3.58. The first kappa shape index (κ1) is 22.7. The van der Waals surface area contributed by atoms with Crippen LogP contribution in [0.3, 0.4) is 0 Å². The van der Waals surface area contributed by atoms with E-state index in [1.54, 1.807) is 12.1 Å². The summed E-state index contributed by atoms with van der Waals surface area (Å²) in [6.07, 6.45) is 4.27. The number of ether oxygens (including phenoxy) is 1. The molecule has 1 heterocycles. The molecule has 6 nitrogen and oxygen atoms in total. The molecule has 2 fully saturated rings. The lowest BCUT2D eigenvalue weighted by molar-refractivity contribution is 0.0832. The van der Waals surface area contributed by atoms with E-state index in [0.717, 1.165) is 49.6 Å². The number of nitrogens with one attached hydrogen (secondary N) is 1. The molecule has 1 saturated carbocycles. The Hall–Kier alpha value is -2.52. The van der Waals surface area contributed by atoms with Crippen molar-refractivity contribution in [3.05, 3.63) is 64.7 Å². The maximum atomic E-state index is 14.7. The van der Waals surface area contributed by atoms with Crippen LogP contribution in [0.1, 0.15) is 53.1 Å². The maximum absolute atomic E-state index is 14.7. The number of carbonyl (C=O) groups is 1. The first-order valence-electron chi connectivity index (χ1n) is 10.7. The smallest absolute Gasteiger partial charge is 0.267 e. The van der Waals surface area contributed by atoms with Gasteiger partial charge in [0.2, 0.25) is 10.0 Å². The highest BCUT2D eigenvalue weighted by Crippen LogP contribution is 2.45. The molecule has 0 bridgehead atoms. The molecule has 1 aliphatic carbocycles. The summed E-state index contributed by atoms with van der Waals surface area (Å²) in [6, 6.07) is 9.03. The molecule has 2 aromatic carbocycles. The van der Waals surface area contributed by atoms with Crippen molar-refractivity contribution in [2.75, 3.05) is 19.3 Å². The molecule has 172 valence electrons. The van der Waals surface area contributed by atoms with Crippen molar-refractivity contribution in [1.29, 1.82) is 0 Å². The van der Waals surface area contributed by atoms with Crippen LogP contribution in [0.5, 0.6) is 5.75 Å². The lowest BCUT2D eigenvalue weighted by Crippen LogP contribution is -2.40. The number of sulfonamides is 1. The molecule has 2 aliphatic rings. The maximum Gasteiger partial charge on any atom is 0.267 e. The second-order valence-electron chi connectivity index (χ2n) is 8.59. The molecule has 0 unspecified atom stereocenters. The Morgan fingerprint density at radius 2 is 1.88 bits per heavy atom. The predicted molar refractivity (Wildman–Crippen MR) is 116 cm³/mol. The number of rotatable bonds is 7. The molecule has 0 radical (unpaired) electrons. The molecule has 1 saturated heterocycles. The highest BCUT2D eigenvalue weighted by molar-refractivity contribution is 7.89. The van der Waals surface area contributed by atoms with Crippen LogP contribution in [0.2, 0.25) is 0 Å². The van der Waals surface area contributed by atoms with Gasteiger partial charge in [-0.25, -0.2) is 21.9 Å². The van der Waals surface area contributed by atoms with E-state index < -0.39 is 21.7 Å². The summed E-state index contributed by atoms with van der Waals surface area (Å²) in [5.74, 6) is -1.48. The highest BCUT2D eigenvalue weighted by Gasteiger charge is 2.31. The van der Waals surface area contributed by atoms with Crippen LogP contribution in [0.25, 0.3) is 0 Å². The molecular formula is C23H26F2N2O4S. The largest absolute Gasteiger partial charge is 0.489 e. The fourth-order valence-corrected chi connectivity index (χ4v) is 4.51. The second kappa shape index (κ2) is 9.15. The quantitative estimate of drug-likeness (QED) is 0.678. The van der Waals surface area contributed by atoms with Gasteiger partial charge in [0.05, 0.1) is 11.8 Å². The molecule has 1 amide bonds. The van der Waals surface area contributed by atoms with E-state index in [1.807, 2.05) is 4.72 Å². The number of hydrogen-bond donors (Lipinski definition) is 1. The first-order chi connectivity index (χ1) is 15.2. The summed E-state index contributed by atoms with van der Waals surface area (Å²) in [6.45, 7) is 2.22. The van der Waals surface area contributed by atoms with Crippen LogP contribution in [-0.2, 0) is 16.6 Å². The van der Waals surface area contributed by atoms with Crippen LogP contribution < -0.4 is 9.46 Å². The third-order valence-corrected chi connectivity index (χ3v) is 6.27. The first-order valence-corrected chi connectivity index (χ1v) is 12.6.